The molecule has 2 aromatic rings. The molecule has 26 heavy (non-hydrogen) atoms. The minimum Gasteiger partial charge on any atom is -0.387 e. The van der Waals surface area contributed by atoms with E-state index in [0.717, 1.165) is 36.9 Å². The summed E-state index contributed by atoms with van der Waals surface area (Å²) in [6.45, 7) is 6.19. The number of alkyl halides is 2. The van der Waals surface area contributed by atoms with Crippen molar-refractivity contribution in [3.8, 4) is 0 Å². The standard InChI is InChI=1S/C21H26F2N2O/c1-3-13-11-25-7-6-14(13)9-19(25)20(26)16-10-18(21(22)23)24-17-5-4-12(2)8-15(16)17/h4-5,8,10,13-14,19-21,26H,3,6-7,9,11H2,1-2H3/t13?,14?,19?,20-/m1/s1. The molecule has 4 unspecified atom stereocenters. The average molecular weight is 360 g/mol. The summed E-state index contributed by atoms with van der Waals surface area (Å²) < 4.78 is 26.7. The molecule has 1 N–H and O–H groups in total. The number of pyridine rings is 1. The van der Waals surface area contributed by atoms with Crippen LogP contribution in [0.5, 0.6) is 0 Å². The van der Waals surface area contributed by atoms with Gasteiger partial charge in [0.1, 0.15) is 5.69 Å². The maximum Gasteiger partial charge on any atom is 0.280 e. The maximum absolute atomic E-state index is 13.4. The predicted molar refractivity (Wildman–Crippen MR) is 98.3 cm³/mol. The molecule has 0 amide bonds. The lowest BCUT2D eigenvalue weighted by Crippen LogP contribution is -2.55. The van der Waals surface area contributed by atoms with E-state index in [1.807, 2.05) is 19.1 Å². The molecule has 2 bridgehead atoms. The van der Waals surface area contributed by atoms with Gasteiger partial charge in [-0.05, 0) is 61.9 Å². The second-order valence-electron chi connectivity index (χ2n) is 7.92. The van der Waals surface area contributed by atoms with Crippen LogP contribution in [0.4, 0.5) is 8.78 Å². The summed E-state index contributed by atoms with van der Waals surface area (Å²) >= 11 is 0. The molecule has 4 heterocycles. The number of fused-ring (bicyclic) bond motifs is 4. The third kappa shape index (κ3) is 3.01. The van der Waals surface area contributed by atoms with Crippen molar-refractivity contribution in [1.82, 2.24) is 9.88 Å². The first-order chi connectivity index (χ1) is 12.5. The summed E-state index contributed by atoms with van der Waals surface area (Å²) in [6.07, 6.45) is -0.115. The Bertz CT molecular complexity index is 810. The van der Waals surface area contributed by atoms with E-state index in [9.17, 15) is 13.9 Å². The molecule has 140 valence electrons. The third-order valence-electron chi connectivity index (χ3n) is 6.38. The predicted octanol–water partition coefficient (Wildman–Crippen LogP) is 4.63. The van der Waals surface area contributed by atoms with Gasteiger partial charge in [-0.1, -0.05) is 25.0 Å². The van der Waals surface area contributed by atoms with E-state index in [1.165, 1.54) is 12.5 Å². The Morgan fingerprint density at radius 3 is 2.77 bits per heavy atom. The number of halogens is 2. The normalized spacial score (nSPS) is 29.5. The Morgan fingerprint density at radius 1 is 1.31 bits per heavy atom. The molecular formula is C21H26F2N2O. The van der Waals surface area contributed by atoms with Crippen LogP contribution in [0.1, 0.15) is 55.5 Å². The van der Waals surface area contributed by atoms with Gasteiger partial charge in [0.15, 0.2) is 0 Å². The zero-order chi connectivity index (χ0) is 18.4. The summed E-state index contributed by atoms with van der Waals surface area (Å²) in [7, 11) is 0. The molecule has 0 saturated carbocycles. The zero-order valence-electron chi connectivity index (χ0n) is 15.3. The number of hydrogen-bond donors (Lipinski definition) is 1. The van der Waals surface area contributed by atoms with E-state index in [0.29, 0.717) is 22.9 Å². The highest BCUT2D eigenvalue weighted by molar-refractivity contribution is 5.83. The number of aliphatic hydroxyl groups excluding tert-OH is 1. The average Bonchev–Trinajstić information content (AvgIpc) is 2.66. The van der Waals surface area contributed by atoms with E-state index < -0.39 is 12.5 Å². The maximum atomic E-state index is 13.4. The van der Waals surface area contributed by atoms with Crippen molar-refractivity contribution >= 4 is 10.9 Å². The zero-order valence-corrected chi connectivity index (χ0v) is 15.3. The first-order valence-electron chi connectivity index (χ1n) is 9.59. The van der Waals surface area contributed by atoms with Crippen LogP contribution in [0.2, 0.25) is 0 Å². The van der Waals surface area contributed by atoms with E-state index in [1.54, 1.807) is 6.07 Å². The van der Waals surface area contributed by atoms with Crippen molar-refractivity contribution < 1.29 is 13.9 Å². The van der Waals surface area contributed by atoms with Gasteiger partial charge < -0.3 is 5.11 Å². The Labute approximate surface area is 153 Å². The first kappa shape index (κ1) is 17.8. The van der Waals surface area contributed by atoms with Gasteiger partial charge in [0, 0.05) is 18.0 Å². The van der Waals surface area contributed by atoms with Gasteiger partial charge in [-0.3, -0.25) is 4.90 Å². The van der Waals surface area contributed by atoms with Gasteiger partial charge in [0.05, 0.1) is 11.6 Å². The van der Waals surface area contributed by atoms with Gasteiger partial charge in [-0.2, -0.15) is 0 Å². The highest BCUT2D eigenvalue weighted by Gasteiger charge is 2.42. The first-order valence-corrected chi connectivity index (χ1v) is 9.59. The molecule has 1 aromatic carbocycles. The molecule has 0 aliphatic carbocycles. The van der Waals surface area contributed by atoms with E-state index >= 15 is 0 Å². The van der Waals surface area contributed by atoms with Crippen LogP contribution in [0.3, 0.4) is 0 Å². The van der Waals surface area contributed by atoms with Crippen molar-refractivity contribution in [3.63, 3.8) is 0 Å². The highest BCUT2D eigenvalue weighted by Crippen LogP contribution is 2.43. The molecular weight excluding hydrogens is 334 g/mol. The third-order valence-corrected chi connectivity index (χ3v) is 6.38. The second-order valence-corrected chi connectivity index (χ2v) is 7.92. The van der Waals surface area contributed by atoms with Gasteiger partial charge in [0.2, 0.25) is 0 Å². The number of hydrogen-bond acceptors (Lipinski definition) is 3. The van der Waals surface area contributed by atoms with Crippen LogP contribution in [0.15, 0.2) is 24.3 Å². The lowest BCUT2D eigenvalue weighted by molar-refractivity contribution is -0.0562. The summed E-state index contributed by atoms with van der Waals surface area (Å²) in [6, 6.07) is 7.01. The largest absolute Gasteiger partial charge is 0.387 e. The highest BCUT2D eigenvalue weighted by atomic mass is 19.3. The fourth-order valence-corrected chi connectivity index (χ4v) is 4.92. The molecule has 3 aliphatic heterocycles. The fourth-order valence-electron chi connectivity index (χ4n) is 4.92. The van der Waals surface area contributed by atoms with Gasteiger partial charge in [-0.25, -0.2) is 13.8 Å². The number of aliphatic hydroxyl groups is 1. The Balaban J connectivity index is 1.74. The SMILES string of the molecule is CCC1CN2CCC1CC2[C@H](O)c1cc(C(F)F)nc2ccc(C)cc12. The molecule has 0 spiro atoms. The fraction of sp³-hybridized carbons (Fsp3) is 0.571. The number of aryl methyl sites for hydroxylation is 1. The summed E-state index contributed by atoms with van der Waals surface area (Å²) in [5.41, 5.74) is 1.91. The van der Waals surface area contributed by atoms with E-state index in [-0.39, 0.29) is 11.7 Å². The smallest absolute Gasteiger partial charge is 0.280 e. The van der Waals surface area contributed by atoms with Crippen molar-refractivity contribution in [1.29, 1.82) is 0 Å². The van der Waals surface area contributed by atoms with Crippen LogP contribution in [-0.4, -0.2) is 34.1 Å². The van der Waals surface area contributed by atoms with Crippen LogP contribution in [0, 0.1) is 18.8 Å². The van der Waals surface area contributed by atoms with Gasteiger partial charge in [-0.15, -0.1) is 0 Å². The minimum absolute atomic E-state index is 0.00758. The monoisotopic (exact) mass is 360 g/mol. The number of rotatable bonds is 4. The summed E-state index contributed by atoms with van der Waals surface area (Å²) in [5.74, 6) is 1.33. The molecule has 5 heteroatoms. The molecule has 3 aliphatic rings. The van der Waals surface area contributed by atoms with Crippen LogP contribution in [0.25, 0.3) is 10.9 Å². The van der Waals surface area contributed by atoms with Crippen molar-refractivity contribution in [2.75, 3.05) is 13.1 Å². The van der Waals surface area contributed by atoms with Crippen LogP contribution < -0.4 is 0 Å². The number of nitrogens with zero attached hydrogens (tertiary/aromatic N) is 2. The van der Waals surface area contributed by atoms with Crippen LogP contribution >= 0.6 is 0 Å². The lowest BCUT2D eigenvalue weighted by Gasteiger charge is -2.51. The molecule has 3 fully saturated rings. The van der Waals surface area contributed by atoms with Crippen molar-refractivity contribution in [3.05, 3.63) is 41.1 Å². The van der Waals surface area contributed by atoms with Crippen molar-refractivity contribution in [2.24, 2.45) is 11.8 Å². The second kappa shape index (κ2) is 6.86. The topological polar surface area (TPSA) is 36.4 Å². The summed E-state index contributed by atoms with van der Waals surface area (Å²) in [4.78, 5) is 6.47. The molecule has 5 rings (SSSR count). The lowest BCUT2D eigenvalue weighted by atomic mass is 9.72. The van der Waals surface area contributed by atoms with Gasteiger partial charge in [0.25, 0.3) is 6.43 Å². The number of benzene rings is 1. The number of piperidine rings is 3. The Morgan fingerprint density at radius 2 is 2.12 bits per heavy atom. The Hall–Kier alpha value is -1.59. The molecule has 1 aromatic heterocycles. The Kier molecular flexibility index (Phi) is 4.70. The molecule has 3 nitrogen and oxygen atoms in total. The minimum atomic E-state index is -2.64. The number of aromatic nitrogens is 1. The van der Waals surface area contributed by atoms with E-state index in [4.69, 9.17) is 0 Å². The van der Waals surface area contributed by atoms with Crippen LogP contribution in [-0.2, 0) is 0 Å². The summed E-state index contributed by atoms with van der Waals surface area (Å²) in [5, 5.41) is 12.0. The van der Waals surface area contributed by atoms with Crippen molar-refractivity contribution in [2.45, 2.75) is 51.7 Å². The quantitative estimate of drug-likeness (QED) is 0.863. The molecule has 3 saturated heterocycles. The van der Waals surface area contributed by atoms with E-state index in [2.05, 4.69) is 16.8 Å². The van der Waals surface area contributed by atoms with Gasteiger partial charge >= 0.3 is 0 Å². The molecule has 5 atom stereocenters. The molecule has 0 radical (unpaired) electrons.